The zero-order chi connectivity index (χ0) is 19.9. The van der Waals surface area contributed by atoms with Crippen LogP contribution in [0.3, 0.4) is 0 Å². The van der Waals surface area contributed by atoms with Crippen molar-refractivity contribution >= 4 is 11.6 Å². The lowest BCUT2D eigenvalue weighted by molar-refractivity contribution is 0.590. The van der Waals surface area contributed by atoms with Gasteiger partial charge in [0.25, 0.3) is 0 Å². The van der Waals surface area contributed by atoms with E-state index < -0.39 is 0 Å². The molecule has 0 saturated heterocycles. The Bertz CT molecular complexity index is 1030. The van der Waals surface area contributed by atoms with Crippen LogP contribution in [0.4, 0.5) is 5.69 Å². The second kappa shape index (κ2) is 6.83. The number of anilines is 1. The topological polar surface area (TPSA) is 53.1 Å². The molecule has 0 unspecified atom stereocenters. The van der Waals surface area contributed by atoms with Gasteiger partial charge in [-0.3, -0.25) is 5.41 Å². The standard InChI is InChI=1S/C25H27N3/c1-25(2,3)19-13-11-17(12-14-19)16-28(24(26)27)23-10-6-9-21-20-8-5-4-7-18(20)15-22(21)23/h4-14H,15-16H2,1-3H3,(H3,26,27). The Morgan fingerprint density at radius 3 is 2.29 bits per heavy atom. The first-order valence-electron chi connectivity index (χ1n) is 9.76. The number of nitrogens with one attached hydrogen (secondary N) is 1. The largest absolute Gasteiger partial charge is 0.370 e. The number of fused-ring (bicyclic) bond motifs is 3. The fourth-order valence-electron chi connectivity index (χ4n) is 3.99. The van der Waals surface area contributed by atoms with Gasteiger partial charge in [-0.05, 0) is 44.9 Å². The molecular weight excluding hydrogens is 342 g/mol. The maximum absolute atomic E-state index is 8.21. The summed E-state index contributed by atoms with van der Waals surface area (Å²) in [7, 11) is 0. The maximum Gasteiger partial charge on any atom is 0.193 e. The Morgan fingerprint density at radius 2 is 1.61 bits per heavy atom. The normalized spacial score (nSPS) is 12.4. The minimum Gasteiger partial charge on any atom is -0.370 e. The van der Waals surface area contributed by atoms with Crippen LogP contribution in [-0.2, 0) is 18.4 Å². The predicted octanol–water partition coefficient (Wildman–Crippen LogP) is 5.46. The molecule has 0 fully saturated rings. The van der Waals surface area contributed by atoms with Gasteiger partial charge in [-0.15, -0.1) is 0 Å². The van der Waals surface area contributed by atoms with Gasteiger partial charge in [0.2, 0.25) is 0 Å². The summed E-state index contributed by atoms with van der Waals surface area (Å²) >= 11 is 0. The highest BCUT2D eigenvalue weighted by Gasteiger charge is 2.24. The lowest BCUT2D eigenvalue weighted by Crippen LogP contribution is -2.36. The van der Waals surface area contributed by atoms with Crippen molar-refractivity contribution in [1.82, 2.24) is 0 Å². The highest BCUT2D eigenvalue weighted by molar-refractivity contribution is 5.95. The van der Waals surface area contributed by atoms with Crippen LogP contribution in [0.2, 0.25) is 0 Å². The summed E-state index contributed by atoms with van der Waals surface area (Å²) in [6.07, 6.45) is 0.883. The quantitative estimate of drug-likeness (QED) is 0.372. The van der Waals surface area contributed by atoms with E-state index in [0.29, 0.717) is 6.54 Å². The Balaban J connectivity index is 1.68. The van der Waals surface area contributed by atoms with E-state index in [-0.39, 0.29) is 11.4 Å². The van der Waals surface area contributed by atoms with Gasteiger partial charge in [-0.2, -0.15) is 0 Å². The van der Waals surface area contributed by atoms with Gasteiger partial charge in [0.05, 0.1) is 6.54 Å². The summed E-state index contributed by atoms with van der Waals surface area (Å²) in [5, 5.41) is 8.21. The van der Waals surface area contributed by atoms with Gasteiger partial charge in [0, 0.05) is 12.1 Å². The average molecular weight is 370 g/mol. The van der Waals surface area contributed by atoms with Crippen LogP contribution >= 0.6 is 0 Å². The van der Waals surface area contributed by atoms with Crippen LogP contribution in [0, 0.1) is 5.41 Å². The van der Waals surface area contributed by atoms with Crippen molar-refractivity contribution in [3.05, 3.63) is 89.0 Å². The fraction of sp³-hybridized carbons (Fsp3) is 0.240. The molecule has 0 spiro atoms. The predicted molar refractivity (Wildman–Crippen MR) is 118 cm³/mol. The molecule has 142 valence electrons. The van der Waals surface area contributed by atoms with E-state index in [0.717, 1.165) is 17.7 Å². The first-order chi connectivity index (χ1) is 13.3. The fourth-order valence-corrected chi connectivity index (χ4v) is 3.99. The number of rotatable bonds is 3. The molecule has 3 N–H and O–H groups in total. The summed E-state index contributed by atoms with van der Waals surface area (Å²) < 4.78 is 0. The Kier molecular flexibility index (Phi) is 4.46. The molecule has 3 aromatic rings. The number of benzene rings is 3. The van der Waals surface area contributed by atoms with Crippen LogP contribution in [0.1, 0.15) is 43.0 Å². The van der Waals surface area contributed by atoms with Crippen LogP contribution in [0.5, 0.6) is 0 Å². The van der Waals surface area contributed by atoms with Crippen molar-refractivity contribution in [1.29, 1.82) is 5.41 Å². The minimum absolute atomic E-state index is 0.0734. The Hall–Kier alpha value is -3.07. The van der Waals surface area contributed by atoms with E-state index in [2.05, 4.69) is 87.5 Å². The number of hydrogen-bond donors (Lipinski definition) is 2. The van der Waals surface area contributed by atoms with Crippen molar-refractivity contribution in [2.24, 2.45) is 5.73 Å². The van der Waals surface area contributed by atoms with E-state index in [4.69, 9.17) is 11.1 Å². The Labute approximate surface area is 167 Å². The van der Waals surface area contributed by atoms with Crippen LogP contribution in [0.15, 0.2) is 66.7 Å². The molecule has 0 bridgehead atoms. The lowest BCUT2D eigenvalue weighted by Gasteiger charge is -2.26. The summed E-state index contributed by atoms with van der Waals surface area (Å²) in [6.45, 7) is 7.24. The second-order valence-electron chi connectivity index (χ2n) is 8.56. The summed E-state index contributed by atoms with van der Waals surface area (Å²) in [4.78, 5) is 1.91. The monoisotopic (exact) mass is 369 g/mol. The van der Waals surface area contributed by atoms with Crippen molar-refractivity contribution in [3.63, 3.8) is 0 Å². The van der Waals surface area contributed by atoms with Crippen molar-refractivity contribution in [3.8, 4) is 11.1 Å². The van der Waals surface area contributed by atoms with Crippen molar-refractivity contribution < 1.29 is 0 Å². The summed E-state index contributed by atoms with van der Waals surface area (Å²) in [5.74, 6) is 0.0734. The first-order valence-corrected chi connectivity index (χ1v) is 9.76. The molecule has 3 aromatic carbocycles. The highest BCUT2D eigenvalue weighted by atomic mass is 15.2. The van der Waals surface area contributed by atoms with Gasteiger partial charge in [0.15, 0.2) is 5.96 Å². The number of guanidine groups is 1. The molecule has 0 saturated carbocycles. The van der Waals surface area contributed by atoms with Gasteiger partial charge in [-0.25, -0.2) is 0 Å². The average Bonchev–Trinajstić information content (AvgIpc) is 3.04. The summed E-state index contributed by atoms with van der Waals surface area (Å²) in [5.41, 5.74) is 14.8. The zero-order valence-electron chi connectivity index (χ0n) is 16.8. The van der Waals surface area contributed by atoms with Crippen LogP contribution < -0.4 is 10.6 Å². The molecular formula is C25H27N3. The number of nitrogens with zero attached hydrogens (tertiary/aromatic N) is 1. The van der Waals surface area contributed by atoms with Crippen LogP contribution in [-0.4, -0.2) is 5.96 Å². The molecule has 0 amide bonds. The third-order valence-corrected chi connectivity index (χ3v) is 5.57. The van der Waals surface area contributed by atoms with Crippen LogP contribution in [0.25, 0.3) is 11.1 Å². The van der Waals surface area contributed by atoms with Crippen molar-refractivity contribution in [2.45, 2.75) is 39.2 Å². The van der Waals surface area contributed by atoms with E-state index in [1.165, 1.54) is 27.8 Å². The molecule has 0 aliphatic heterocycles. The molecule has 0 heterocycles. The van der Waals surface area contributed by atoms with Gasteiger partial charge >= 0.3 is 0 Å². The third kappa shape index (κ3) is 3.29. The molecule has 3 heteroatoms. The lowest BCUT2D eigenvalue weighted by atomic mass is 9.87. The van der Waals surface area contributed by atoms with Gasteiger partial charge < -0.3 is 10.6 Å². The SMILES string of the molecule is CC(C)(C)c1ccc(CN(C(=N)N)c2cccc3c2Cc2ccccc2-3)cc1. The maximum atomic E-state index is 8.21. The molecule has 28 heavy (non-hydrogen) atoms. The third-order valence-electron chi connectivity index (χ3n) is 5.57. The van der Waals surface area contributed by atoms with E-state index in [1.54, 1.807) is 0 Å². The molecule has 0 radical (unpaired) electrons. The minimum atomic E-state index is 0.0734. The van der Waals surface area contributed by atoms with Gasteiger partial charge in [0.1, 0.15) is 0 Å². The second-order valence-corrected chi connectivity index (χ2v) is 8.56. The Morgan fingerprint density at radius 1 is 0.929 bits per heavy atom. The molecule has 1 aliphatic carbocycles. The van der Waals surface area contributed by atoms with Gasteiger partial charge in [-0.1, -0.05) is 81.4 Å². The van der Waals surface area contributed by atoms with E-state index >= 15 is 0 Å². The molecule has 3 nitrogen and oxygen atoms in total. The molecule has 4 rings (SSSR count). The molecule has 1 aliphatic rings. The molecule has 0 aromatic heterocycles. The smallest absolute Gasteiger partial charge is 0.193 e. The first kappa shape index (κ1) is 18.3. The highest BCUT2D eigenvalue weighted by Crippen LogP contribution is 2.41. The number of hydrogen-bond acceptors (Lipinski definition) is 1. The van der Waals surface area contributed by atoms with Crippen molar-refractivity contribution in [2.75, 3.05) is 4.90 Å². The summed E-state index contributed by atoms with van der Waals surface area (Å²) in [6, 6.07) is 23.5. The van der Waals surface area contributed by atoms with E-state index in [1.807, 2.05) is 4.90 Å². The number of nitrogens with two attached hydrogens (primary N) is 1. The van der Waals surface area contributed by atoms with E-state index in [9.17, 15) is 0 Å². The zero-order valence-corrected chi connectivity index (χ0v) is 16.8. The molecule has 0 atom stereocenters.